The zero-order chi connectivity index (χ0) is 12.6. The molecule has 0 heterocycles. The van der Waals surface area contributed by atoms with Crippen molar-refractivity contribution in [3.05, 3.63) is 42.0 Å². The van der Waals surface area contributed by atoms with E-state index in [1.165, 1.54) is 49.8 Å². The van der Waals surface area contributed by atoms with E-state index in [4.69, 9.17) is 0 Å². The van der Waals surface area contributed by atoms with Crippen LogP contribution in [0.1, 0.15) is 44.6 Å². The molecule has 0 radical (unpaired) electrons. The van der Waals surface area contributed by atoms with Gasteiger partial charge in [-0.25, -0.2) is 0 Å². The van der Waals surface area contributed by atoms with Gasteiger partial charge < -0.3 is 5.32 Å². The van der Waals surface area contributed by atoms with E-state index in [1.807, 2.05) is 0 Å². The van der Waals surface area contributed by atoms with Gasteiger partial charge in [-0.1, -0.05) is 37.6 Å². The van der Waals surface area contributed by atoms with Crippen LogP contribution in [0.2, 0.25) is 0 Å². The Morgan fingerprint density at radius 3 is 2.67 bits per heavy atom. The van der Waals surface area contributed by atoms with Crippen LogP contribution in [0.15, 0.2) is 36.4 Å². The molecule has 1 aromatic rings. The molecular formula is C17H25N. The van der Waals surface area contributed by atoms with Crippen molar-refractivity contribution in [1.82, 2.24) is 0 Å². The normalized spacial score (nSPS) is 18.8. The van der Waals surface area contributed by atoms with Gasteiger partial charge in [-0.2, -0.15) is 0 Å². The molecular weight excluding hydrogens is 218 g/mol. The number of aryl methyl sites for hydroxylation is 1. The molecule has 1 atom stereocenters. The SMILES string of the molecule is CCCCc1ccc(NCC2CC=CCC2)cc1. The van der Waals surface area contributed by atoms with Crippen LogP contribution in [0.4, 0.5) is 5.69 Å². The van der Waals surface area contributed by atoms with Gasteiger partial charge in [0.1, 0.15) is 0 Å². The minimum absolute atomic E-state index is 0.815. The van der Waals surface area contributed by atoms with Crippen LogP contribution in [-0.4, -0.2) is 6.54 Å². The summed E-state index contributed by atoms with van der Waals surface area (Å²) in [6.45, 7) is 3.35. The third-order valence-corrected chi connectivity index (χ3v) is 3.75. The van der Waals surface area contributed by atoms with Crippen molar-refractivity contribution < 1.29 is 0 Å². The molecule has 1 nitrogen and oxygen atoms in total. The zero-order valence-corrected chi connectivity index (χ0v) is 11.5. The second-order valence-electron chi connectivity index (χ2n) is 5.33. The second kappa shape index (κ2) is 7.25. The van der Waals surface area contributed by atoms with Gasteiger partial charge in [0.25, 0.3) is 0 Å². The first kappa shape index (κ1) is 13.2. The highest BCUT2D eigenvalue weighted by Crippen LogP contribution is 2.19. The van der Waals surface area contributed by atoms with E-state index >= 15 is 0 Å². The van der Waals surface area contributed by atoms with Crippen molar-refractivity contribution in [3.63, 3.8) is 0 Å². The van der Waals surface area contributed by atoms with E-state index < -0.39 is 0 Å². The third kappa shape index (κ3) is 4.21. The van der Waals surface area contributed by atoms with Gasteiger partial charge >= 0.3 is 0 Å². The van der Waals surface area contributed by atoms with Gasteiger partial charge in [0.05, 0.1) is 0 Å². The van der Waals surface area contributed by atoms with E-state index in [0.29, 0.717) is 0 Å². The van der Waals surface area contributed by atoms with Gasteiger partial charge in [-0.3, -0.25) is 0 Å². The van der Waals surface area contributed by atoms with Crippen LogP contribution >= 0.6 is 0 Å². The summed E-state index contributed by atoms with van der Waals surface area (Å²) in [6, 6.07) is 8.98. The molecule has 0 saturated heterocycles. The fourth-order valence-corrected chi connectivity index (χ4v) is 2.47. The molecule has 0 spiro atoms. The predicted molar refractivity (Wildman–Crippen MR) is 80.0 cm³/mol. The maximum absolute atomic E-state index is 3.56. The van der Waals surface area contributed by atoms with Crippen molar-refractivity contribution in [2.75, 3.05) is 11.9 Å². The Kier molecular flexibility index (Phi) is 5.32. The average molecular weight is 243 g/mol. The summed E-state index contributed by atoms with van der Waals surface area (Å²) < 4.78 is 0. The number of hydrogen-bond donors (Lipinski definition) is 1. The van der Waals surface area contributed by atoms with E-state index in [9.17, 15) is 0 Å². The molecule has 1 heteroatoms. The Morgan fingerprint density at radius 2 is 2.00 bits per heavy atom. The predicted octanol–water partition coefficient (Wildman–Crippen LogP) is 4.80. The van der Waals surface area contributed by atoms with E-state index in [2.05, 4.69) is 48.7 Å². The molecule has 1 aliphatic carbocycles. The Morgan fingerprint density at radius 1 is 1.17 bits per heavy atom. The summed E-state index contributed by atoms with van der Waals surface area (Å²) in [5.41, 5.74) is 2.73. The molecule has 98 valence electrons. The lowest BCUT2D eigenvalue weighted by molar-refractivity contribution is 0.504. The highest BCUT2D eigenvalue weighted by molar-refractivity contribution is 5.44. The van der Waals surface area contributed by atoms with Crippen molar-refractivity contribution in [2.45, 2.75) is 45.4 Å². The van der Waals surface area contributed by atoms with Gasteiger partial charge in [0.2, 0.25) is 0 Å². The highest BCUT2D eigenvalue weighted by Gasteiger charge is 2.08. The van der Waals surface area contributed by atoms with E-state index in [0.717, 1.165) is 12.5 Å². The summed E-state index contributed by atoms with van der Waals surface area (Å²) in [5, 5.41) is 3.56. The average Bonchev–Trinajstić information content (AvgIpc) is 2.45. The smallest absolute Gasteiger partial charge is 0.0340 e. The Labute approximate surface area is 111 Å². The van der Waals surface area contributed by atoms with E-state index in [1.54, 1.807) is 0 Å². The zero-order valence-electron chi connectivity index (χ0n) is 11.5. The van der Waals surface area contributed by atoms with E-state index in [-0.39, 0.29) is 0 Å². The highest BCUT2D eigenvalue weighted by atomic mass is 14.9. The quantitative estimate of drug-likeness (QED) is 0.708. The number of hydrogen-bond acceptors (Lipinski definition) is 1. The minimum Gasteiger partial charge on any atom is -0.385 e. The van der Waals surface area contributed by atoms with Crippen LogP contribution in [-0.2, 0) is 6.42 Å². The largest absolute Gasteiger partial charge is 0.385 e. The van der Waals surface area contributed by atoms with Gasteiger partial charge in [-0.05, 0) is 55.7 Å². The minimum atomic E-state index is 0.815. The monoisotopic (exact) mass is 243 g/mol. The van der Waals surface area contributed by atoms with Crippen molar-refractivity contribution in [2.24, 2.45) is 5.92 Å². The second-order valence-corrected chi connectivity index (χ2v) is 5.33. The summed E-state index contributed by atoms with van der Waals surface area (Å²) in [5.74, 6) is 0.815. The van der Waals surface area contributed by atoms with Crippen LogP contribution in [0.25, 0.3) is 0 Å². The number of rotatable bonds is 6. The standard InChI is InChI=1S/C17H25N/c1-2-3-7-15-10-12-17(13-11-15)18-14-16-8-5-4-6-9-16/h4-5,10-13,16,18H,2-3,6-9,14H2,1H3. The van der Waals surface area contributed by atoms with Crippen LogP contribution in [0, 0.1) is 5.92 Å². The maximum atomic E-state index is 3.56. The van der Waals surface area contributed by atoms with Gasteiger partial charge in [0, 0.05) is 12.2 Å². The molecule has 18 heavy (non-hydrogen) atoms. The summed E-state index contributed by atoms with van der Waals surface area (Å²) in [7, 11) is 0. The molecule has 1 aliphatic rings. The van der Waals surface area contributed by atoms with Crippen LogP contribution < -0.4 is 5.32 Å². The van der Waals surface area contributed by atoms with Crippen LogP contribution in [0.5, 0.6) is 0 Å². The molecule has 0 saturated carbocycles. The number of allylic oxidation sites excluding steroid dienone is 2. The third-order valence-electron chi connectivity index (χ3n) is 3.75. The maximum Gasteiger partial charge on any atom is 0.0340 e. The van der Waals surface area contributed by atoms with Crippen LogP contribution in [0.3, 0.4) is 0 Å². The molecule has 0 amide bonds. The molecule has 0 bridgehead atoms. The summed E-state index contributed by atoms with van der Waals surface area (Å²) >= 11 is 0. The molecule has 1 aromatic carbocycles. The lowest BCUT2D eigenvalue weighted by Gasteiger charge is -2.18. The van der Waals surface area contributed by atoms with Crippen molar-refractivity contribution in [1.29, 1.82) is 0 Å². The Hall–Kier alpha value is -1.24. The van der Waals surface area contributed by atoms with Crippen molar-refractivity contribution in [3.8, 4) is 0 Å². The Balaban J connectivity index is 1.77. The molecule has 1 unspecified atom stereocenters. The molecule has 1 N–H and O–H groups in total. The number of nitrogens with one attached hydrogen (secondary N) is 1. The van der Waals surface area contributed by atoms with Gasteiger partial charge in [0.15, 0.2) is 0 Å². The fraction of sp³-hybridized carbons (Fsp3) is 0.529. The first-order valence-electron chi connectivity index (χ1n) is 7.36. The van der Waals surface area contributed by atoms with Crippen molar-refractivity contribution >= 4 is 5.69 Å². The summed E-state index contributed by atoms with van der Waals surface area (Å²) in [4.78, 5) is 0. The first-order chi connectivity index (χ1) is 8.88. The topological polar surface area (TPSA) is 12.0 Å². The molecule has 0 aliphatic heterocycles. The Bertz CT molecular complexity index is 364. The number of anilines is 1. The first-order valence-corrected chi connectivity index (χ1v) is 7.36. The van der Waals surface area contributed by atoms with Gasteiger partial charge in [-0.15, -0.1) is 0 Å². The summed E-state index contributed by atoms with van der Waals surface area (Å²) in [6.07, 6.45) is 12.2. The molecule has 0 fully saturated rings. The lowest BCUT2D eigenvalue weighted by atomic mass is 9.94. The molecule has 2 rings (SSSR count). The lowest BCUT2D eigenvalue weighted by Crippen LogP contribution is -2.15. The number of benzene rings is 1. The fourth-order valence-electron chi connectivity index (χ4n) is 2.47. The number of unbranched alkanes of at least 4 members (excludes halogenated alkanes) is 1. The molecule has 0 aromatic heterocycles.